The Labute approximate surface area is 130 Å². The van der Waals surface area contributed by atoms with Gasteiger partial charge in [-0.1, -0.05) is 11.8 Å². The Morgan fingerprint density at radius 3 is 2.48 bits per heavy atom. The molecule has 1 saturated heterocycles. The first-order valence-electron chi connectivity index (χ1n) is 7.34. The van der Waals surface area contributed by atoms with Crippen molar-refractivity contribution in [2.75, 3.05) is 70.3 Å². The molecule has 1 aromatic rings. The third-order valence-electron chi connectivity index (χ3n) is 3.55. The van der Waals surface area contributed by atoms with Gasteiger partial charge < -0.3 is 20.4 Å². The number of likely N-dealkylation sites (N-methyl/N-ethyl adjacent to an activating group) is 1. The Bertz CT molecular complexity index is 412. The van der Waals surface area contributed by atoms with Gasteiger partial charge in [0.2, 0.25) is 11.9 Å². The number of hydrogen-bond donors (Lipinski definition) is 2. The highest BCUT2D eigenvalue weighted by molar-refractivity contribution is 7.98. The van der Waals surface area contributed by atoms with E-state index in [1.54, 1.807) is 0 Å². The highest BCUT2D eigenvalue weighted by Gasteiger charge is 2.12. The highest BCUT2D eigenvalue weighted by Crippen LogP contribution is 2.13. The smallest absolute Gasteiger partial charge is 0.228 e. The number of aromatic nitrogens is 3. The summed E-state index contributed by atoms with van der Waals surface area (Å²) in [6, 6.07) is 0. The minimum Gasteiger partial charge on any atom is -0.357 e. The van der Waals surface area contributed by atoms with Crippen molar-refractivity contribution in [3.05, 3.63) is 0 Å². The van der Waals surface area contributed by atoms with Gasteiger partial charge in [0.05, 0.1) is 0 Å². The van der Waals surface area contributed by atoms with Gasteiger partial charge in [0.15, 0.2) is 5.16 Å². The lowest BCUT2D eigenvalue weighted by Crippen LogP contribution is -2.44. The van der Waals surface area contributed by atoms with Gasteiger partial charge in [-0.15, -0.1) is 0 Å². The fraction of sp³-hybridized carbons (Fsp3) is 0.769. The number of hydrogen-bond acceptors (Lipinski definition) is 8. The van der Waals surface area contributed by atoms with E-state index in [4.69, 9.17) is 0 Å². The minimum absolute atomic E-state index is 0.607. The van der Waals surface area contributed by atoms with Crippen LogP contribution in [0.1, 0.15) is 6.42 Å². The standard InChI is InChI=1S/C13H25N7S/c1-14-11-16-12(18-13(17-11)21-3)15-5-4-6-20-9-7-19(2)8-10-20/h4-10H2,1-3H3,(H2,14,15,16,17,18). The second kappa shape index (κ2) is 8.35. The normalized spacial score (nSPS) is 16.9. The van der Waals surface area contributed by atoms with Gasteiger partial charge in [-0.05, 0) is 26.3 Å². The van der Waals surface area contributed by atoms with Crippen molar-refractivity contribution in [2.24, 2.45) is 0 Å². The summed E-state index contributed by atoms with van der Waals surface area (Å²) in [4.78, 5) is 17.8. The SMILES string of the molecule is CNc1nc(NCCCN2CCN(C)CC2)nc(SC)n1. The fourth-order valence-corrected chi connectivity index (χ4v) is 2.57. The molecule has 1 aliphatic rings. The Morgan fingerprint density at radius 2 is 1.81 bits per heavy atom. The summed E-state index contributed by atoms with van der Waals surface area (Å²) in [6.45, 7) is 6.69. The van der Waals surface area contributed by atoms with E-state index in [1.165, 1.54) is 37.9 Å². The molecule has 0 spiro atoms. The number of thioether (sulfide) groups is 1. The Balaban J connectivity index is 1.73. The van der Waals surface area contributed by atoms with Crippen molar-refractivity contribution in [1.29, 1.82) is 0 Å². The van der Waals surface area contributed by atoms with Crippen molar-refractivity contribution in [3.8, 4) is 0 Å². The predicted octanol–water partition coefficient (Wildman–Crippen LogP) is 0.685. The van der Waals surface area contributed by atoms with Crippen LogP contribution in [0.5, 0.6) is 0 Å². The number of nitrogens with one attached hydrogen (secondary N) is 2. The Hall–Kier alpha value is -1.12. The van der Waals surface area contributed by atoms with Gasteiger partial charge >= 0.3 is 0 Å². The molecule has 0 atom stereocenters. The third kappa shape index (κ3) is 5.29. The Morgan fingerprint density at radius 1 is 1.10 bits per heavy atom. The zero-order valence-corrected chi connectivity index (χ0v) is 13.9. The summed E-state index contributed by atoms with van der Waals surface area (Å²) >= 11 is 1.52. The van der Waals surface area contributed by atoms with Gasteiger partial charge in [-0.3, -0.25) is 0 Å². The molecule has 2 rings (SSSR count). The average molecular weight is 311 g/mol. The lowest BCUT2D eigenvalue weighted by molar-refractivity contribution is 0.154. The molecule has 0 aromatic carbocycles. The zero-order valence-electron chi connectivity index (χ0n) is 13.1. The summed E-state index contributed by atoms with van der Waals surface area (Å²) in [5, 5.41) is 6.98. The quantitative estimate of drug-likeness (QED) is 0.563. The molecule has 0 amide bonds. The van der Waals surface area contributed by atoms with Crippen molar-refractivity contribution in [2.45, 2.75) is 11.6 Å². The molecule has 0 unspecified atom stereocenters. The highest BCUT2D eigenvalue weighted by atomic mass is 32.2. The molecular weight excluding hydrogens is 286 g/mol. The van der Waals surface area contributed by atoms with Gasteiger partial charge in [0.1, 0.15) is 0 Å². The van der Waals surface area contributed by atoms with Crippen LogP contribution < -0.4 is 10.6 Å². The third-order valence-corrected chi connectivity index (χ3v) is 4.10. The molecule has 0 radical (unpaired) electrons. The van der Waals surface area contributed by atoms with E-state index < -0.39 is 0 Å². The summed E-state index contributed by atoms with van der Waals surface area (Å²) in [5.41, 5.74) is 0. The maximum Gasteiger partial charge on any atom is 0.228 e. The average Bonchev–Trinajstić information content (AvgIpc) is 2.53. The van der Waals surface area contributed by atoms with Crippen LogP contribution in [0, 0.1) is 0 Å². The molecule has 7 nitrogen and oxygen atoms in total. The molecule has 0 bridgehead atoms. The molecule has 21 heavy (non-hydrogen) atoms. The maximum absolute atomic E-state index is 4.36. The van der Waals surface area contributed by atoms with Gasteiger partial charge in [0.25, 0.3) is 0 Å². The van der Waals surface area contributed by atoms with E-state index in [0.29, 0.717) is 11.9 Å². The van der Waals surface area contributed by atoms with Crippen LogP contribution in [-0.2, 0) is 0 Å². The number of rotatable bonds is 7. The van der Waals surface area contributed by atoms with Crippen LogP contribution in [0.4, 0.5) is 11.9 Å². The van der Waals surface area contributed by atoms with Gasteiger partial charge in [-0.2, -0.15) is 15.0 Å². The monoisotopic (exact) mass is 311 g/mol. The molecule has 1 fully saturated rings. The topological polar surface area (TPSA) is 69.2 Å². The molecule has 2 heterocycles. The molecular formula is C13H25N7S. The van der Waals surface area contributed by atoms with Crippen LogP contribution in [0.15, 0.2) is 5.16 Å². The Kier molecular flexibility index (Phi) is 6.47. The van der Waals surface area contributed by atoms with Crippen molar-refractivity contribution in [3.63, 3.8) is 0 Å². The molecule has 2 N–H and O–H groups in total. The molecule has 1 aliphatic heterocycles. The van der Waals surface area contributed by atoms with Crippen LogP contribution in [0.2, 0.25) is 0 Å². The minimum atomic E-state index is 0.607. The second-order valence-electron chi connectivity index (χ2n) is 5.14. The molecule has 8 heteroatoms. The lowest BCUT2D eigenvalue weighted by Gasteiger charge is -2.32. The number of piperazine rings is 1. The van der Waals surface area contributed by atoms with E-state index in [1.807, 2.05) is 13.3 Å². The van der Waals surface area contributed by atoms with E-state index in [9.17, 15) is 0 Å². The largest absolute Gasteiger partial charge is 0.357 e. The molecule has 0 saturated carbocycles. The molecule has 0 aliphatic carbocycles. The van der Waals surface area contributed by atoms with E-state index in [2.05, 4.69) is 42.4 Å². The van der Waals surface area contributed by atoms with Crippen molar-refractivity contribution < 1.29 is 0 Å². The molecule has 1 aromatic heterocycles. The van der Waals surface area contributed by atoms with E-state index in [-0.39, 0.29) is 0 Å². The fourth-order valence-electron chi connectivity index (χ4n) is 2.21. The first kappa shape index (κ1) is 16.3. The van der Waals surface area contributed by atoms with Gasteiger partial charge in [0, 0.05) is 39.8 Å². The van der Waals surface area contributed by atoms with Crippen molar-refractivity contribution >= 4 is 23.7 Å². The van der Waals surface area contributed by atoms with Gasteiger partial charge in [-0.25, -0.2) is 0 Å². The molecule has 118 valence electrons. The second-order valence-corrected chi connectivity index (χ2v) is 5.92. The van der Waals surface area contributed by atoms with Crippen LogP contribution in [-0.4, -0.2) is 84.4 Å². The van der Waals surface area contributed by atoms with Crippen LogP contribution >= 0.6 is 11.8 Å². The van der Waals surface area contributed by atoms with E-state index in [0.717, 1.165) is 24.7 Å². The van der Waals surface area contributed by atoms with Crippen molar-refractivity contribution in [1.82, 2.24) is 24.8 Å². The first-order chi connectivity index (χ1) is 10.2. The first-order valence-corrected chi connectivity index (χ1v) is 8.56. The summed E-state index contributed by atoms with van der Waals surface area (Å²) in [7, 11) is 4.00. The van der Waals surface area contributed by atoms with E-state index >= 15 is 0 Å². The predicted molar refractivity (Wildman–Crippen MR) is 88.2 cm³/mol. The summed E-state index contributed by atoms with van der Waals surface area (Å²) in [6.07, 6.45) is 3.06. The zero-order chi connectivity index (χ0) is 15.1. The lowest BCUT2D eigenvalue weighted by atomic mass is 10.3. The van der Waals surface area contributed by atoms with Crippen LogP contribution in [0.25, 0.3) is 0 Å². The maximum atomic E-state index is 4.36. The number of nitrogens with zero attached hydrogens (tertiary/aromatic N) is 5. The summed E-state index contributed by atoms with van der Waals surface area (Å²) < 4.78 is 0. The number of anilines is 2. The van der Waals surface area contributed by atoms with Crippen LogP contribution in [0.3, 0.4) is 0 Å². The summed E-state index contributed by atoms with van der Waals surface area (Å²) in [5.74, 6) is 1.26.